The molecule has 6 nitrogen and oxygen atoms in total. The molecule has 3 N–H and O–H groups in total. The van der Waals surface area contributed by atoms with Crippen LogP contribution in [0.15, 0.2) is 6.07 Å². The van der Waals surface area contributed by atoms with Crippen molar-refractivity contribution in [3.63, 3.8) is 0 Å². The number of carbonyl (C=O) groups is 2. The number of hydrogen-bond donors (Lipinski definition) is 3. The average Bonchev–Trinajstić information content (AvgIpc) is 2.92. The van der Waals surface area contributed by atoms with E-state index >= 15 is 0 Å². The molecule has 1 unspecified atom stereocenters. The number of ketones is 1. The molecule has 28 heavy (non-hydrogen) atoms. The Bertz CT molecular complexity index is 737. The minimum absolute atomic E-state index is 0.0674. The maximum absolute atomic E-state index is 11.8. The first kappa shape index (κ1) is 22.2. The number of Topliss-reactive ketones (excluding diaryl/α,β-unsaturated/α-hetero) is 1. The number of phenols is 1. The molecule has 0 aromatic heterocycles. The number of carbonyl (C=O) groups excluding carboxylic acids is 1. The molecule has 0 fully saturated rings. The predicted molar refractivity (Wildman–Crippen MR) is 106 cm³/mol. The Balaban J connectivity index is 2.32. The summed E-state index contributed by atoms with van der Waals surface area (Å²) in [5.41, 5.74) is -0.275. The Morgan fingerprint density at radius 1 is 1.25 bits per heavy atom. The van der Waals surface area contributed by atoms with E-state index in [1.807, 2.05) is 6.92 Å². The average molecular weight is 392 g/mol. The number of ether oxygens (including phenoxy) is 1. The van der Waals surface area contributed by atoms with Gasteiger partial charge in [-0.15, -0.1) is 0 Å². The molecule has 2 rings (SSSR count). The first-order valence-electron chi connectivity index (χ1n) is 10.1. The van der Waals surface area contributed by atoms with E-state index in [0.717, 1.165) is 19.3 Å². The fourth-order valence-electron chi connectivity index (χ4n) is 4.14. The first-order chi connectivity index (χ1) is 13.1. The van der Waals surface area contributed by atoms with Crippen LogP contribution in [0.4, 0.5) is 0 Å². The van der Waals surface area contributed by atoms with Crippen LogP contribution in [0.1, 0.15) is 93.6 Å². The predicted octanol–water partition coefficient (Wildman–Crippen LogP) is 4.20. The van der Waals surface area contributed by atoms with Gasteiger partial charge in [-0.1, -0.05) is 26.7 Å². The summed E-state index contributed by atoms with van der Waals surface area (Å²) in [4.78, 5) is 23.0. The van der Waals surface area contributed by atoms with Crippen molar-refractivity contribution in [2.45, 2.75) is 90.3 Å². The minimum atomic E-state index is -1.20. The molecule has 156 valence electrons. The van der Waals surface area contributed by atoms with Gasteiger partial charge in [0.1, 0.15) is 28.9 Å². The Morgan fingerprint density at radius 2 is 1.93 bits per heavy atom. The number of unbranched alkanes of at least 4 members (excludes halogenated alkanes) is 2. The summed E-state index contributed by atoms with van der Waals surface area (Å²) in [6.07, 6.45) is 4.06. The lowest BCUT2D eigenvalue weighted by Crippen LogP contribution is -2.43. The highest BCUT2D eigenvalue weighted by Gasteiger charge is 2.45. The lowest BCUT2D eigenvalue weighted by molar-refractivity contribution is -0.117. The van der Waals surface area contributed by atoms with Gasteiger partial charge in [0.2, 0.25) is 0 Å². The van der Waals surface area contributed by atoms with Crippen LogP contribution in [0.5, 0.6) is 11.5 Å². The number of carboxylic acids is 1. The zero-order valence-corrected chi connectivity index (χ0v) is 17.2. The number of benzene rings is 1. The fraction of sp³-hybridized carbons (Fsp3) is 0.636. The minimum Gasteiger partial charge on any atom is -0.507 e. The van der Waals surface area contributed by atoms with Crippen LogP contribution in [0, 0.1) is 0 Å². The van der Waals surface area contributed by atoms with Gasteiger partial charge in [0.25, 0.3) is 0 Å². The van der Waals surface area contributed by atoms with Crippen molar-refractivity contribution in [2.75, 3.05) is 0 Å². The van der Waals surface area contributed by atoms with Gasteiger partial charge in [0, 0.05) is 17.9 Å². The molecule has 1 aromatic carbocycles. The van der Waals surface area contributed by atoms with Gasteiger partial charge < -0.3 is 24.9 Å². The second-order valence-electron chi connectivity index (χ2n) is 8.17. The zero-order chi connectivity index (χ0) is 21.1. The molecule has 0 amide bonds. The molecule has 3 atom stereocenters. The topological polar surface area (TPSA) is 104 Å². The van der Waals surface area contributed by atoms with Crippen LogP contribution in [0.25, 0.3) is 0 Å². The van der Waals surface area contributed by atoms with E-state index in [-0.39, 0.29) is 23.0 Å². The monoisotopic (exact) mass is 392 g/mol. The van der Waals surface area contributed by atoms with E-state index in [4.69, 9.17) is 4.74 Å². The van der Waals surface area contributed by atoms with Crippen molar-refractivity contribution in [1.82, 2.24) is 0 Å². The van der Waals surface area contributed by atoms with Crippen LogP contribution in [0.2, 0.25) is 0 Å². The summed E-state index contributed by atoms with van der Waals surface area (Å²) in [5, 5.41) is 31.3. The van der Waals surface area contributed by atoms with Crippen LogP contribution >= 0.6 is 0 Å². The Morgan fingerprint density at radius 3 is 2.50 bits per heavy atom. The third kappa shape index (κ3) is 4.66. The number of fused-ring (bicyclic) bond motifs is 1. The van der Waals surface area contributed by atoms with Crippen LogP contribution in [-0.4, -0.2) is 38.8 Å². The number of rotatable bonds is 10. The molecule has 0 bridgehead atoms. The molecule has 0 radical (unpaired) electrons. The summed E-state index contributed by atoms with van der Waals surface area (Å²) < 4.78 is 6.02. The number of hydrogen-bond acceptors (Lipinski definition) is 5. The van der Waals surface area contributed by atoms with Crippen LogP contribution < -0.4 is 4.74 Å². The highest BCUT2D eigenvalue weighted by Crippen LogP contribution is 2.49. The number of aliphatic hydroxyl groups is 1. The van der Waals surface area contributed by atoms with Gasteiger partial charge >= 0.3 is 5.97 Å². The van der Waals surface area contributed by atoms with Crippen molar-refractivity contribution < 1.29 is 29.6 Å². The third-order valence-electron chi connectivity index (χ3n) is 5.64. The number of aryl methyl sites for hydroxylation is 1. The van der Waals surface area contributed by atoms with Crippen molar-refractivity contribution in [2.24, 2.45) is 0 Å². The smallest absolute Gasteiger partial charge is 0.339 e. The van der Waals surface area contributed by atoms with Gasteiger partial charge in [0.05, 0.1) is 5.60 Å². The third-order valence-corrected chi connectivity index (χ3v) is 5.64. The van der Waals surface area contributed by atoms with E-state index in [1.54, 1.807) is 13.0 Å². The van der Waals surface area contributed by atoms with Crippen LogP contribution in [-0.2, 0) is 11.2 Å². The quantitative estimate of drug-likeness (QED) is 0.516. The maximum atomic E-state index is 11.8. The van der Waals surface area contributed by atoms with E-state index in [1.165, 1.54) is 6.92 Å². The standard InChI is InChI=1S/C22H32O6/c1-5-6-7-10-15-12-16-17(19(24)18(15)21(25)26)14(3)20(28-16)22(4,27)11-8-9-13(2)23/h12,14,20,24,27H,5-11H2,1-4H3,(H,25,26)/t14-,20+,22?/m1/s1. The molecular formula is C22H32O6. The summed E-state index contributed by atoms with van der Waals surface area (Å²) >= 11 is 0. The Hall–Kier alpha value is -2.08. The second-order valence-corrected chi connectivity index (χ2v) is 8.17. The molecule has 1 aliphatic rings. The molecule has 0 spiro atoms. The molecule has 1 heterocycles. The number of carboxylic acid groups (broad SMARTS) is 1. The van der Waals surface area contributed by atoms with Crippen molar-refractivity contribution in [1.29, 1.82) is 0 Å². The molecule has 1 aromatic rings. The van der Waals surface area contributed by atoms with Gasteiger partial charge in [-0.2, -0.15) is 0 Å². The molecule has 6 heteroatoms. The summed E-state index contributed by atoms with van der Waals surface area (Å²) in [6, 6.07) is 1.70. The second kappa shape index (κ2) is 8.95. The first-order valence-corrected chi connectivity index (χ1v) is 10.1. The molecule has 0 saturated carbocycles. The van der Waals surface area contributed by atoms with E-state index in [2.05, 4.69) is 6.92 Å². The number of aromatic hydroxyl groups is 1. The van der Waals surface area contributed by atoms with E-state index in [0.29, 0.717) is 42.6 Å². The lowest BCUT2D eigenvalue weighted by atomic mass is 9.82. The van der Waals surface area contributed by atoms with Gasteiger partial charge in [-0.3, -0.25) is 0 Å². The van der Waals surface area contributed by atoms with E-state index < -0.39 is 17.7 Å². The summed E-state index contributed by atoms with van der Waals surface area (Å²) in [7, 11) is 0. The van der Waals surface area contributed by atoms with Crippen molar-refractivity contribution in [3.8, 4) is 11.5 Å². The lowest BCUT2D eigenvalue weighted by Gasteiger charge is -2.32. The molecule has 0 saturated heterocycles. The molecule has 0 aliphatic carbocycles. The Kier molecular flexibility index (Phi) is 7.10. The van der Waals surface area contributed by atoms with Crippen molar-refractivity contribution >= 4 is 11.8 Å². The highest BCUT2D eigenvalue weighted by atomic mass is 16.5. The maximum Gasteiger partial charge on any atom is 0.339 e. The summed E-state index contributed by atoms with van der Waals surface area (Å²) in [6.45, 7) is 7.07. The summed E-state index contributed by atoms with van der Waals surface area (Å²) in [5.74, 6) is -1.27. The largest absolute Gasteiger partial charge is 0.507 e. The Labute approximate surface area is 166 Å². The molecule has 1 aliphatic heterocycles. The van der Waals surface area contributed by atoms with Crippen molar-refractivity contribution in [3.05, 3.63) is 22.8 Å². The van der Waals surface area contributed by atoms with Gasteiger partial charge in [-0.05, 0) is 51.2 Å². The van der Waals surface area contributed by atoms with E-state index in [9.17, 15) is 24.9 Å². The normalized spacial score (nSPS) is 20.3. The van der Waals surface area contributed by atoms with Gasteiger partial charge in [0.15, 0.2) is 0 Å². The van der Waals surface area contributed by atoms with Crippen LogP contribution in [0.3, 0.4) is 0 Å². The number of aromatic carboxylic acids is 1. The SMILES string of the molecule is CCCCCc1cc2c(c(O)c1C(=O)O)[C@@H](C)[C@@H](C(C)(O)CCCC(C)=O)O2. The van der Waals surface area contributed by atoms with Gasteiger partial charge in [-0.25, -0.2) is 4.79 Å². The molecular weight excluding hydrogens is 360 g/mol. The fourth-order valence-corrected chi connectivity index (χ4v) is 4.14. The zero-order valence-electron chi connectivity index (χ0n) is 17.2. The highest BCUT2D eigenvalue weighted by molar-refractivity contribution is 5.94.